The second-order valence-corrected chi connectivity index (χ2v) is 2.46. The Kier molecular flexibility index (Phi) is 2.21. The van der Waals surface area contributed by atoms with Crippen LogP contribution in [0.2, 0.25) is 0 Å². The van der Waals surface area contributed by atoms with Gasteiger partial charge in [0.05, 0.1) is 6.04 Å². The molecule has 1 rings (SSSR count). The van der Waals surface area contributed by atoms with E-state index in [4.69, 9.17) is 15.4 Å². The van der Waals surface area contributed by atoms with Crippen LogP contribution >= 0.6 is 0 Å². The van der Waals surface area contributed by atoms with Gasteiger partial charge in [-0.15, -0.1) is 0 Å². The second kappa shape index (κ2) is 2.98. The molecule has 0 fully saturated rings. The molecule has 62 valence electrons. The highest BCUT2D eigenvalue weighted by Crippen LogP contribution is 2.11. The first-order valence-electron chi connectivity index (χ1n) is 3.38. The lowest BCUT2D eigenvalue weighted by atomic mass is 10.3. The summed E-state index contributed by atoms with van der Waals surface area (Å²) in [5.74, 6) is 0.623. The Balaban J connectivity index is 2.82. The predicted molar refractivity (Wildman–Crippen MR) is 37.5 cm³/mol. The molecule has 0 radical (unpaired) electrons. The van der Waals surface area contributed by atoms with E-state index in [0.29, 0.717) is 5.82 Å². The molecule has 2 atom stereocenters. The van der Waals surface area contributed by atoms with Crippen LogP contribution in [0.25, 0.3) is 0 Å². The smallest absolute Gasteiger partial charge is 0.255 e. The first kappa shape index (κ1) is 8.16. The summed E-state index contributed by atoms with van der Waals surface area (Å²) in [6, 6.07) is -0.258. The normalized spacial score (nSPS) is 16.4. The molecule has 0 aliphatic carbocycles. The summed E-state index contributed by atoms with van der Waals surface area (Å²) in [5.41, 5.74) is 5.46. The summed E-state index contributed by atoms with van der Waals surface area (Å²) >= 11 is 0. The topological polar surface area (TPSA) is 85.2 Å². The second-order valence-electron chi connectivity index (χ2n) is 2.46. The standard InChI is InChI=1S/C6H11N3O2/c1-3(7)5-8-6(4(2)10)11-9-5/h3-4,10H,7H2,1-2H3/t3-,4?/m0/s1. The van der Waals surface area contributed by atoms with E-state index in [2.05, 4.69) is 10.1 Å². The van der Waals surface area contributed by atoms with E-state index in [1.807, 2.05) is 0 Å². The van der Waals surface area contributed by atoms with Crippen LogP contribution in [0.1, 0.15) is 37.7 Å². The van der Waals surface area contributed by atoms with Crippen molar-refractivity contribution in [3.05, 3.63) is 11.7 Å². The quantitative estimate of drug-likeness (QED) is 0.637. The van der Waals surface area contributed by atoms with Gasteiger partial charge < -0.3 is 15.4 Å². The van der Waals surface area contributed by atoms with Gasteiger partial charge in [-0.2, -0.15) is 4.98 Å². The molecule has 1 unspecified atom stereocenters. The largest absolute Gasteiger partial charge is 0.384 e. The zero-order valence-corrected chi connectivity index (χ0v) is 6.48. The van der Waals surface area contributed by atoms with Crippen LogP contribution < -0.4 is 5.73 Å². The van der Waals surface area contributed by atoms with E-state index in [9.17, 15) is 0 Å². The Bertz CT molecular complexity index is 209. The van der Waals surface area contributed by atoms with E-state index in [0.717, 1.165) is 0 Å². The van der Waals surface area contributed by atoms with Crippen molar-refractivity contribution in [1.29, 1.82) is 0 Å². The highest BCUT2D eigenvalue weighted by molar-refractivity contribution is 4.92. The molecule has 1 aromatic heterocycles. The highest BCUT2D eigenvalue weighted by Gasteiger charge is 2.12. The van der Waals surface area contributed by atoms with E-state index in [1.165, 1.54) is 0 Å². The van der Waals surface area contributed by atoms with Crippen molar-refractivity contribution >= 4 is 0 Å². The number of hydrogen-bond acceptors (Lipinski definition) is 5. The maximum Gasteiger partial charge on any atom is 0.255 e. The number of aliphatic hydroxyl groups excluding tert-OH is 1. The average Bonchev–Trinajstić information content (AvgIpc) is 2.33. The first-order chi connectivity index (χ1) is 5.11. The van der Waals surface area contributed by atoms with Gasteiger partial charge in [0.15, 0.2) is 5.82 Å². The van der Waals surface area contributed by atoms with Crippen molar-refractivity contribution < 1.29 is 9.63 Å². The fraction of sp³-hybridized carbons (Fsp3) is 0.667. The van der Waals surface area contributed by atoms with Gasteiger partial charge in [0.1, 0.15) is 6.10 Å². The lowest BCUT2D eigenvalue weighted by molar-refractivity contribution is 0.151. The summed E-state index contributed by atoms with van der Waals surface area (Å²) < 4.78 is 4.70. The molecule has 1 aromatic rings. The Morgan fingerprint density at radius 1 is 1.55 bits per heavy atom. The molecule has 0 aromatic carbocycles. The Hall–Kier alpha value is -0.940. The third kappa shape index (κ3) is 1.75. The zero-order chi connectivity index (χ0) is 8.43. The van der Waals surface area contributed by atoms with Crippen molar-refractivity contribution in [2.45, 2.75) is 26.0 Å². The number of hydrogen-bond donors (Lipinski definition) is 2. The Morgan fingerprint density at radius 2 is 2.18 bits per heavy atom. The summed E-state index contributed by atoms with van der Waals surface area (Å²) in [6.45, 7) is 3.30. The maximum absolute atomic E-state index is 8.98. The molecule has 0 saturated heterocycles. The number of rotatable bonds is 2. The fourth-order valence-electron chi connectivity index (χ4n) is 0.602. The van der Waals surface area contributed by atoms with Crippen LogP contribution in [-0.2, 0) is 0 Å². The van der Waals surface area contributed by atoms with Crippen molar-refractivity contribution in [3.8, 4) is 0 Å². The molecule has 0 saturated carbocycles. The zero-order valence-electron chi connectivity index (χ0n) is 6.48. The van der Waals surface area contributed by atoms with E-state index in [1.54, 1.807) is 13.8 Å². The predicted octanol–water partition coefficient (Wildman–Crippen LogP) is 0.143. The summed E-state index contributed by atoms with van der Waals surface area (Å²) in [5, 5.41) is 12.5. The number of nitrogens with two attached hydrogens (primary N) is 1. The third-order valence-corrected chi connectivity index (χ3v) is 1.22. The van der Waals surface area contributed by atoms with Gasteiger partial charge in [-0.25, -0.2) is 0 Å². The summed E-state index contributed by atoms with van der Waals surface area (Å²) in [4.78, 5) is 3.86. The highest BCUT2D eigenvalue weighted by atomic mass is 16.5. The SMILES string of the molecule is CC(O)c1nc([C@H](C)N)no1. The molecule has 0 bridgehead atoms. The van der Waals surface area contributed by atoms with Gasteiger partial charge in [-0.3, -0.25) is 0 Å². The van der Waals surface area contributed by atoms with Crippen LogP contribution in [0, 0.1) is 0 Å². The Labute approximate surface area is 64.2 Å². The van der Waals surface area contributed by atoms with Gasteiger partial charge >= 0.3 is 0 Å². The number of nitrogens with zero attached hydrogens (tertiary/aromatic N) is 2. The molecule has 1 heterocycles. The van der Waals surface area contributed by atoms with Crippen LogP contribution in [0.5, 0.6) is 0 Å². The minimum Gasteiger partial charge on any atom is -0.384 e. The minimum atomic E-state index is -0.727. The van der Waals surface area contributed by atoms with Gasteiger partial charge in [-0.05, 0) is 13.8 Å². The number of aromatic nitrogens is 2. The van der Waals surface area contributed by atoms with Gasteiger partial charge in [0, 0.05) is 0 Å². The first-order valence-corrected chi connectivity index (χ1v) is 3.38. The van der Waals surface area contributed by atoms with Crippen LogP contribution in [0.3, 0.4) is 0 Å². The fourth-order valence-corrected chi connectivity index (χ4v) is 0.602. The summed E-state index contributed by atoms with van der Waals surface area (Å²) in [6.07, 6.45) is -0.727. The Morgan fingerprint density at radius 3 is 2.45 bits per heavy atom. The molecule has 3 N–H and O–H groups in total. The lowest BCUT2D eigenvalue weighted by Gasteiger charge is -1.94. The van der Waals surface area contributed by atoms with Crippen LogP contribution in [0.15, 0.2) is 4.52 Å². The van der Waals surface area contributed by atoms with E-state index in [-0.39, 0.29) is 11.9 Å². The van der Waals surface area contributed by atoms with Gasteiger partial charge in [0.25, 0.3) is 5.89 Å². The van der Waals surface area contributed by atoms with Crippen LogP contribution in [0.4, 0.5) is 0 Å². The molecule has 5 nitrogen and oxygen atoms in total. The van der Waals surface area contributed by atoms with Gasteiger partial charge in [-0.1, -0.05) is 5.16 Å². The molecule has 11 heavy (non-hydrogen) atoms. The molecular formula is C6H11N3O2. The van der Waals surface area contributed by atoms with Crippen LogP contribution in [-0.4, -0.2) is 15.2 Å². The van der Waals surface area contributed by atoms with Gasteiger partial charge in [0.2, 0.25) is 0 Å². The van der Waals surface area contributed by atoms with Crippen molar-refractivity contribution in [1.82, 2.24) is 10.1 Å². The molecule has 5 heteroatoms. The molecule has 0 aliphatic heterocycles. The third-order valence-electron chi connectivity index (χ3n) is 1.22. The van der Waals surface area contributed by atoms with E-state index >= 15 is 0 Å². The number of aliphatic hydroxyl groups is 1. The summed E-state index contributed by atoms with van der Waals surface area (Å²) in [7, 11) is 0. The monoisotopic (exact) mass is 157 g/mol. The minimum absolute atomic E-state index is 0.206. The van der Waals surface area contributed by atoms with Crippen molar-refractivity contribution in [3.63, 3.8) is 0 Å². The molecule has 0 amide bonds. The van der Waals surface area contributed by atoms with Crippen molar-refractivity contribution in [2.75, 3.05) is 0 Å². The van der Waals surface area contributed by atoms with E-state index < -0.39 is 6.10 Å². The molecular weight excluding hydrogens is 146 g/mol. The maximum atomic E-state index is 8.98. The van der Waals surface area contributed by atoms with Crippen molar-refractivity contribution in [2.24, 2.45) is 5.73 Å². The molecule has 0 aliphatic rings. The average molecular weight is 157 g/mol. The lowest BCUT2D eigenvalue weighted by Crippen LogP contribution is -2.07. The molecule has 0 spiro atoms.